The molecule has 0 saturated carbocycles. The van der Waals surface area contributed by atoms with Gasteiger partial charge in [-0.05, 0) is 13.8 Å². The molecule has 2 unspecified atom stereocenters. The maximum absolute atomic E-state index is 11.4. The lowest BCUT2D eigenvalue weighted by atomic mass is 10.2. The van der Waals surface area contributed by atoms with Crippen LogP contribution in [-0.2, 0) is 9.53 Å². The second-order valence-electron chi connectivity index (χ2n) is 3.25. The van der Waals surface area contributed by atoms with Gasteiger partial charge in [-0.2, -0.15) is 0 Å². The fourth-order valence-electron chi connectivity index (χ4n) is 1.51. The molecule has 1 fully saturated rings. The number of carbonyl (C=O) groups is 1. The van der Waals surface area contributed by atoms with Crippen LogP contribution < -0.4 is 5.73 Å². The highest BCUT2D eigenvalue weighted by atomic mass is 16.5. The van der Waals surface area contributed by atoms with Gasteiger partial charge in [-0.3, -0.25) is 4.79 Å². The maximum Gasteiger partial charge on any atom is 0.249 e. The molecule has 4 heteroatoms. The van der Waals surface area contributed by atoms with E-state index in [-0.39, 0.29) is 24.6 Å². The van der Waals surface area contributed by atoms with Crippen molar-refractivity contribution in [3.63, 3.8) is 0 Å². The van der Waals surface area contributed by atoms with Crippen molar-refractivity contribution in [2.75, 3.05) is 19.8 Å². The largest absolute Gasteiger partial charge is 0.370 e. The van der Waals surface area contributed by atoms with Crippen LogP contribution in [-0.4, -0.2) is 42.6 Å². The summed E-state index contributed by atoms with van der Waals surface area (Å²) in [5.74, 6) is 0.0479. The zero-order valence-electron chi connectivity index (χ0n) is 7.62. The van der Waals surface area contributed by atoms with Gasteiger partial charge in [0.25, 0.3) is 0 Å². The van der Waals surface area contributed by atoms with Crippen LogP contribution in [0.2, 0.25) is 0 Å². The summed E-state index contributed by atoms with van der Waals surface area (Å²) in [6, 6.07) is 0.279. The van der Waals surface area contributed by atoms with Crippen LogP contribution in [0.3, 0.4) is 0 Å². The number of morpholine rings is 1. The Hall–Kier alpha value is -0.610. The smallest absolute Gasteiger partial charge is 0.249 e. The predicted molar refractivity (Wildman–Crippen MR) is 45.6 cm³/mol. The Bertz CT molecular complexity index is 168. The molecule has 0 aromatic carbocycles. The van der Waals surface area contributed by atoms with E-state index in [0.29, 0.717) is 13.2 Å². The quantitative estimate of drug-likeness (QED) is 0.615. The number of carbonyl (C=O) groups excluding carboxylic acids is 1. The van der Waals surface area contributed by atoms with Crippen molar-refractivity contribution in [3.05, 3.63) is 0 Å². The fraction of sp³-hybridized carbons (Fsp3) is 0.875. The van der Waals surface area contributed by atoms with Crippen LogP contribution in [0.4, 0.5) is 0 Å². The normalized spacial score (nSPS) is 27.4. The van der Waals surface area contributed by atoms with Crippen LogP contribution in [0.5, 0.6) is 0 Å². The molecule has 4 nitrogen and oxygen atoms in total. The number of nitrogens with zero attached hydrogens (tertiary/aromatic N) is 1. The molecule has 12 heavy (non-hydrogen) atoms. The van der Waals surface area contributed by atoms with Gasteiger partial charge in [-0.15, -0.1) is 0 Å². The van der Waals surface area contributed by atoms with Crippen LogP contribution >= 0.6 is 0 Å². The van der Waals surface area contributed by atoms with E-state index in [1.165, 1.54) is 0 Å². The third kappa shape index (κ3) is 1.76. The van der Waals surface area contributed by atoms with Gasteiger partial charge < -0.3 is 15.4 Å². The molecule has 0 spiro atoms. The first-order valence-electron chi connectivity index (χ1n) is 4.25. The number of rotatable bonds is 2. The van der Waals surface area contributed by atoms with E-state index in [4.69, 9.17) is 10.5 Å². The predicted octanol–water partition coefficient (Wildman–Crippen LogP) is -0.419. The molecular weight excluding hydrogens is 156 g/mol. The van der Waals surface area contributed by atoms with Crippen LogP contribution in [0.15, 0.2) is 0 Å². The van der Waals surface area contributed by atoms with E-state index in [9.17, 15) is 4.79 Å². The van der Waals surface area contributed by atoms with Gasteiger partial charge in [0.2, 0.25) is 5.91 Å². The number of amides is 1. The third-order valence-electron chi connectivity index (χ3n) is 2.16. The summed E-state index contributed by atoms with van der Waals surface area (Å²) in [4.78, 5) is 13.2. The third-order valence-corrected chi connectivity index (χ3v) is 2.16. The van der Waals surface area contributed by atoms with Crippen molar-refractivity contribution < 1.29 is 9.53 Å². The van der Waals surface area contributed by atoms with Crippen molar-refractivity contribution in [1.29, 1.82) is 0 Å². The zero-order valence-corrected chi connectivity index (χ0v) is 7.62. The molecule has 0 aliphatic carbocycles. The van der Waals surface area contributed by atoms with Gasteiger partial charge in [-0.1, -0.05) is 0 Å². The Kier molecular flexibility index (Phi) is 3.05. The minimum Gasteiger partial charge on any atom is -0.370 e. The van der Waals surface area contributed by atoms with Crippen molar-refractivity contribution >= 4 is 5.91 Å². The lowest BCUT2D eigenvalue weighted by Crippen LogP contribution is -2.54. The molecule has 1 heterocycles. The van der Waals surface area contributed by atoms with Crippen LogP contribution in [0.25, 0.3) is 0 Å². The van der Waals surface area contributed by atoms with Crippen molar-refractivity contribution in [2.24, 2.45) is 5.73 Å². The minimum atomic E-state index is 0.0479. The van der Waals surface area contributed by atoms with Gasteiger partial charge in [0.05, 0.1) is 12.6 Å². The molecule has 1 aliphatic rings. The lowest BCUT2D eigenvalue weighted by Gasteiger charge is -2.37. The summed E-state index contributed by atoms with van der Waals surface area (Å²) < 4.78 is 5.09. The lowest BCUT2D eigenvalue weighted by molar-refractivity contribution is -0.150. The van der Waals surface area contributed by atoms with Crippen LogP contribution in [0.1, 0.15) is 13.8 Å². The molecule has 2 atom stereocenters. The Morgan fingerprint density at radius 3 is 3.00 bits per heavy atom. The molecule has 1 rings (SSSR count). The summed E-state index contributed by atoms with van der Waals surface area (Å²) in [5.41, 5.74) is 5.49. The molecule has 2 N–H and O–H groups in total. The van der Waals surface area contributed by atoms with Crippen molar-refractivity contribution in [1.82, 2.24) is 4.90 Å². The summed E-state index contributed by atoms with van der Waals surface area (Å²) >= 11 is 0. The molecule has 0 bridgehead atoms. The number of hydrogen-bond acceptors (Lipinski definition) is 3. The average Bonchev–Trinajstić information content (AvgIpc) is 2.03. The minimum absolute atomic E-state index is 0.0479. The first-order valence-corrected chi connectivity index (χ1v) is 4.25. The average molecular weight is 172 g/mol. The van der Waals surface area contributed by atoms with Crippen molar-refractivity contribution in [3.8, 4) is 0 Å². The SMILES string of the molecule is CC(CN)N1C(=O)COCC1C. The zero-order chi connectivity index (χ0) is 9.14. The summed E-state index contributed by atoms with van der Waals surface area (Å²) in [6.45, 7) is 5.27. The van der Waals surface area contributed by atoms with E-state index in [2.05, 4.69) is 0 Å². The Balaban J connectivity index is 2.62. The number of hydrogen-bond donors (Lipinski definition) is 1. The molecule has 70 valence electrons. The van der Waals surface area contributed by atoms with E-state index in [1.807, 2.05) is 18.7 Å². The van der Waals surface area contributed by atoms with Gasteiger partial charge in [-0.25, -0.2) is 0 Å². The van der Waals surface area contributed by atoms with Gasteiger partial charge in [0, 0.05) is 12.6 Å². The van der Waals surface area contributed by atoms with Crippen molar-refractivity contribution in [2.45, 2.75) is 25.9 Å². The molecule has 1 amide bonds. The van der Waals surface area contributed by atoms with Gasteiger partial charge >= 0.3 is 0 Å². The Morgan fingerprint density at radius 2 is 2.50 bits per heavy atom. The monoisotopic (exact) mass is 172 g/mol. The molecule has 0 aromatic heterocycles. The second-order valence-corrected chi connectivity index (χ2v) is 3.25. The van der Waals surface area contributed by atoms with E-state index >= 15 is 0 Å². The first-order chi connectivity index (χ1) is 5.66. The molecular formula is C8H16N2O2. The Labute approximate surface area is 72.7 Å². The van der Waals surface area contributed by atoms with E-state index in [0.717, 1.165) is 0 Å². The summed E-state index contributed by atoms with van der Waals surface area (Å²) in [7, 11) is 0. The standard InChI is InChI=1S/C8H16N2O2/c1-6(3-9)10-7(2)4-12-5-8(10)11/h6-7H,3-5,9H2,1-2H3. The molecule has 0 aromatic rings. The van der Waals surface area contributed by atoms with E-state index in [1.54, 1.807) is 0 Å². The topological polar surface area (TPSA) is 55.6 Å². The molecule has 1 aliphatic heterocycles. The first kappa shape index (κ1) is 9.48. The summed E-state index contributed by atoms with van der Waals surface area (Å²) in [5, 5.41) is 0. The van der Waals surface area contributed by atoms with Gasteiger partial charge in [0.15, 0.2) is 0 Å². The van der Waals surface area contributed by atoms with E-state index < -0.39 is 0 Å². The Morgan fingerprint density at radius 1 is 1.83 bits per heavy atom. The fourth-order valence-corrected chi connectivity index (χ4v) is 1.51. The van der Waals surface area contributed by atoms with Gasteiger partial charge in [0.1, 0.15) is 6.61 Å². The van der Waals surface area contributed by atoms with Crippen LogP contribution in [0, 0.1) is 0 Å². The highest BCUT2D eigenvalue weighted by Gasteiger charge is 2.28. The highest BCUT2D eigenvalue weighted by molar-refractivity contribution is 5.78. The number of ether oxygens (including phenoxy) is 1. The molecule has 0 radical (unpaired) electrons. The second kappa shape index (κ2) is 3.87. The highest BCUT2D eigenvalue weighted by Crippen LogP contribution is 2.10. The number of nitrogens with two attached hydrogens (primary N) is 1. The molecule has 1 saturated heterocycles. The summed E-state index contributed by atoms with van der Waals surface area (Å²) in [6.07, 6.45) is 0. The maximum atomic E-state index is 11.4.